The number of alkyl halides is 6. The number of nitro groups is 2. The molecule has 260 valence electrons. The van der Waals surface area contributed by atoms with Gasteiger partial charge in [0.05, 0.1) is 32.1 Å². The average Bonchev–Trinajstić information content (AvgIpc) is 3.03. The molecule has 0 aliphatic heterocycles. The lowest BCUT2D eigenvalue weighted by molar-refractivity contribution is -0.385. The number of carbonyl (C=O) groups excluding carboxylic acids is 2. The van der Waals surface area contributed by atoms with E-state index in [0.29, 0.717) is 24.3 Å². The number of nitrogens with zero attached hydrogens (tertiary/aromatic N) is 4. The van der Waals surface area contributed by atoms with E-state index in [2.05, 4.69) is 0 Å². The van der Waals surface area contributed by atoms with Crippen molar-refractivity contribution < 1.29 is 60.0 Å². The zero-order chi connectivity index (χ0) is 38.0. The van der Waals surface area contributed by atoms with Crippen molar-refractivity contribution in [3.05, 3.63) is 103 Å². The van der Waals surface area contributed by atoms with Gasteiger partial charge < -0.3 is 14.2 Å². The minimum absolute atomic E-state index is 0.285. The van der Waals surface area contributed by atoms with Gasteiger partial charge in [0.25, 0.3) is 0 Å². The topological polar surface area (TPSA) is 196 Å². The van der Waals surface area contributed by atoms with E-state index in [1.807, 2.05) is 0 Å². The highest BCUT2D eigenvalue weighted by molar-refractivity contribution is 5.87. The van der Waals surface area contributed by atoms with Gasteiger partial charge in [-0.1, -0.05) is 24.3 Å². The molecule has 0 atom stereocenters. The Morgan fingerprint density at radius 2 is 0.961 bits per heavy atom. The normalized spacial score (nSPS) is 11.2. The fourth-order valence-corrected chi connectivity index (χ4v) is 4.71. The molecule has 0 saturated carbocycles. The third kappa shape index (κ3) is 7.67. The number of benzene rings is 4. The van der Waals surface area contributed by atoms with Crippen molar-refractivity contribution in [1.29, 1.82) is 10.5 Å². The number of nitro benzene ring substituents is 2. The van der Waals surface area contributed by atoms with E-state index in [1.54, 1.807) is 0 Å². The van der Waals surface area contributed by atoms with Crippen LogP contribution in [0.25, 0.3) is 22.3 Å². The number of ether oxygens (including phenoxy) is 3. The summed E-state index contributed by atoms with van der Waals surface area (Å²) < 4.78 is 95.3. The van der Waals surface area contributed by atoms with Crippen LogP contribution in [-0.2, 0) is 21.9 Å². The lowest BCUT2D eigenvalue weighted by Gasteiger charge is -2.17. The van der Waals surface area contributed by atoms with Gasteiger partial charge in [-0.3, -0.25) is 29.8 Å². The predicted molar refractivity (Wildman–Crippen MR) is 159 cm³/mol. The number of hydrogen-bond donors (Lipinski definition) is 0. The Bertz CT molecular complexity index is 2030. The zero-order valence-electron chi connectivity index (χ0n) is 25.5. The number of rotatable bonds is 8. The molecule has 19 heteroatoms. The van der Waals surface area contributed by atoms with Gasteiger partial charge in [0.2, 0.25) is 11.5 Å². The lowest BCUT2D eigenvalue weighted by atomic mass is 9.97. The SMILES string of the molecule is CC(=O)Oc1c(C#N)c(Oc2cc(-c3ccc(C(F)(F)F)cc3)c([N+](=O)[O-])c(OC(C)=O)c2C#N)cc(-c2ccc(C(F)(F)F)cc2)c1[N+](=O)[O-]. The van der Waals surface area contributed by atoms with Crippen molar-refractivity contribution in [3.8, 4) is 57.4 Å². The van der Waals surface area contributed by atoms with Crippen molar-refractivity contribution in [2.45, 2.75) is 26.2 Å². The average molecular weight is 714 g/mol. The molecule has 0 aliphatic carbocycles. The van der Waals surface area contributed by atoms with Gasteiger partial charge in [-0.25, -0.2) is 0 Å². The van der Waals surface area contributed by atoms with Crippen LogP contribution in [0.3, 0.4) is 0 Å². The van der Waals surface area contributed by atoms with Crippen LogP contribution in [0.5, 0.6) is 23.0 Å². The number of hydrogen-bond acceptors (Lipinski definition) is 11. The molecular formula is C32H16F6N4O9. The molecule has 0 fully saturated rings. The van der Waals surface area contributed by atoms with Gasteiger partial charge in [-0.2, -0.15) is 36.9 Å². The molecule has 0 aromatic heterocycles. The van der Waals surface area contributed by atoms with Gasteiger partial charge >= 0.3 is 35.7 Å². The first-order valence-corrected chi connectivity index (χ1v) is 13.7. The lowest BCUT2D eigenvalue weighted by Crippen LogP contribution is -2.10. The Morgan fingerprint density at radius 3 is 1.20 bits per heavy atom. The third-order valence-electron chi connectivity index (χ3n) is 6.78. The van der Waals surface area contributed by atoms with Crippen LogP contribution in [0.2, 0.25) is 0 Å². The molecule has 0 radical (unpaired) electrons. The third-order valence-corrected chi connectivity index (χ3v) is 6.78. The summed E-state index contributed by atoms with van der Waals surface area (Å²) in [7, 11) is 0. The molecule has 4 aromatic rings. The Balaban J connectivity index is 2.10. The van der Waals surface area contributed by atoms with Crippen LogP contribution in [0.1, 0.15) is 36.1 Å². The van der Waals surface area contributed by atoms with Crippen molar-refractivity contribution >= 4 is 23.3 Å². The molecule has 0 spiro atoms. The van der Waals surface area contributed by atoms with E-state index < -0.39 is 102 Å². The maximum Gasteiger partial charge on any atom is 0.416 e. The van der Waals surface area contributed by atoms with Crippen molar-refractivity contribution in [2.75, 3.05) is 0 Å². The summed E-state index contributed by atoms with van der Waals surface area (Å²) in [5, 5.41) is 44.6. The number of halogens is 6. The van der Waals surface area contributed by atoms with Crippen LogP contribution in [-0.4, -0.2) is 21.8 Å². The summed E-state index contributed by atoms with van der Waals surface area (Å²) in [6, 6.07) is 10.2. The molecule has 0 amide bonds. The second-order valence-electron chi connectivity index (χ2n) is 10.1. The molecule has 51 heavy (non-hydrogen) atoms. The first-order valence-electron chi connectivity index (χ1n) is 13.7. The van der Waals surface area contributed by atoms with E-state index in [-0.39, 0.29) is 11.1 Å². The van der Waals surface area contributed by atoms with Crippen molar-refractivity contribution in [3.63, 3.8) is 0 Å². The molecule has 4 rings (SSSR count). The molecule has 0 bridgehead atoms. The molecule has 0 heterocycles. The second-order valence-corrected chi connectivity index (χ2v) is 10.1. The molecule has 0 saturated heterocycles. The quantitative estimate of drug-likeness (QED) is 0.0560. The Hall–Kier alpha value is -7.02. The summed E-state index contributed by atoms with van der Waals surface area (Å²) >= 11 is 0. The maximum atomic E-state index is 13.3. The van der Waals surface area contributed by atoms with Gasteiger partial charge in [0.1, 0.15) is 34.8 Å². The summed E-state index contributed by atoms with van der Waals surface area (Å²) in [6.07, 6.45) is -9.61. The minimum atomic E-state index is -4.81. The summed E-state index contributed by atoms with van der Waals surface area (Å²) in [5.41, 5.74) is -7.87. The van der Waals surface area contributed by atoms with E-state index in [4.69, 9.17) is 14.2 Å². The molecule has 13 nitrogen and oxygen atoms in total. The summed E-state index contributed by atoms with van der Waals surface area (Å²) in [5.74, 6) is -5.98. The highest BCUT2D eigenvalue weighted by Gasteiger charge is 2.36. The van der Waals surface area contributed by atoms with E-state index in [0.717, 1.165) is 50.2 Å². The largest absolute Gasteiger partial charge is 0.454 e. The first-order chi connectivity index (χ1) is 23.8. The molecule has 0 N–H and O–H groups in total. The monoisotopic (exact) mass is 714 g/mol. The first kappa shape index (κ1) is 36.8. The van der Waals surface area contributed by atoms with Crippen molar-refractivity contribution in [2.24, 2.45) is 0 Å². The van der Waals surface area contributed by atoms with Gasteiger partial charge in [-0.05, 0) is 47.5 Å². The highest BCUT2D eigenvalue weighted by atomic mass is 19.4. The van der Waals surface area contributed by atoms with Crippen LogP contribution in [0.4, 0.5) is 37.7 Å². The molecular weight excluding hydrogens is 698 g/mol. The number of esters is 2. The fraction of sp³-hybridized carbons (Fsp3) is 0.125. The van der Waals surface area contributed by atoms with Crippen LogP contribution in [0.15, 0.2) is 60.7 Å². The van der Waals surface area contributed by atoms with E-state index in [1.165, 1.54) is 12.1 Å². The van der Waals surface area contributed by atoms with Gasteiger partial charge in [-0.15, -0.1) is 0 Å². The number of nitriles is 2. The Kier molecular flexibility index (Phi) is 9.99. The predicted octanol–water partition coefficient (Wildman–Crippen LogP) is 8.26. The van der Waals surface area contributed by atoms with Crippen LogP contribution < -0.4 is 14.2 Å². The van der Waals surface area contributed by atoms with E-state index >= 15 is 0 Å². The maximum absolute atomic E-state index is 13.3. The van der Waals surface area contributed by atoms with E-state index in [9.17, 15) is 66.7 Å². The fourth-order valence-electron chi connectivity index (χ4n) is 4.71. The van der Waals surface area contributed by atoms with Gasteiger partial charge in [0.15, 0.2) is 0 Å². The number of carbonyl (C=O) groups is 2. The Labute approximate surface area is 280 Å². The van der Waals surface area contributed by atoms with Crippen LogP contribution >= 0.6 is 0 Å². The summed E-state index contributed by atoms with van der Waals surface area (Å²) in [6.45, 7) is 1.62. The standard InChI is InChI=1S/C32H16F6N4O9/c1-15(43)49-29-23(13-39)25(11-21(27(29)41(45)46)17-3-7-19(8-4-17)31(33,34)35)51-26-12-22(18-5-9-20(10-6-18)32(36,37)38)28(42(47)48)30(24(26)14-40)50-16(2)44/h3-12H,1-2H3. The molecule has 0 aliphatic rings. The minimum Gasteiger partial charge on any atom is -0.454 e. The van der Waals surface area contributed by atoms with Crippen LogP contribution in [0, 0.1) is 42.9 Å². The molecule has 0 unspecified atom stereocenters. The summed E-state index contributed by atoms with van der Waals surface area (Å²) in [4.78, 5) is 46.4. The van der Waals surface area contributed by atoms with Gasteiger partial charge in [0, 0.05) is 13.8 Å². The molecule has 4 aromatic carbocycles. The zero-order valence-corrected chi connectivity index (χ0v) is 25.5. The Morgan fingerprint density at radius 1 is 0.647 bits per heavy atom. The second kappa shape index (κ2) is 13.8. The highest BCUT2D eigenvalue weighted by Crippen LogP contribution is 2.50. The smallest absolute Gasteiger partial charge is 0.416 e. The van der Waals surface area contributed by atoms with Crippen molar-refractivity contribution in [1.82, 2.24) is 0 Å².